The Morgan fingerprint density at radius 1 is 0.338 bits per heavy atom. The van der Waals surface area contributed by atoms with Gasteiger partial charge in [0.2, 0.25) is 0 Å². The number of aliphatic hydroxyl groups is 2. The van der Waals surface area contributed by atoms with E-state index in [-0.39, 0.29) is 40.2 Å². The van der Waals surface area contributed by atoms with Crippen LogP contribution < -0.4 is 9.47 Å². The third kappa shape index (κ3) is 13.0. The van der Waals surface area contributed by atoms with E-state index in [9.17, 15) is 0 Å². The topological polar surface area (TPSA) is 110 Å². The van der Waals surface area contributed by atoms with E-state index in [1.807, 2.05) is 170 Å². The molecule has 0 saturated heterocycles. The van der Waals surface area contributed by atoms with Crippen LogP contribution in [0.4, 0.5) is 0 Å². The molecular formula is C58H45Ir2N4O4-3. The maximum atomic E-state index is 7.00. The Bertz CT molecular complexity index is 2630. The summed E-state index contributed by atoms with van der Waals surface area (Å²) in [6.45, 7) is 0. The number of aliphatic hydroxyl groups excluding tert-OH is 2. The minimum absolute atomic E-state index is 0. The normalized spacial score (nSPS) is 10.1. The summed E-state index contributed by atoms with van der Waals surface area (Å²) in [6.07, 6.45) is 7.20. The molecule has 10 aromatic rings. The zero-order valence-corrected chi connectivity index (χ0v) is 41.8. The molecule has 8 nitrogen and oxygen atoms in total. The molecule has 0 aliphatic carbocycles. The maximum Gasteiger partial charge on any atom is 0.121 e. The minimum atomic E-state index is 0. The second-order valence-electron chi connectivity index (χ2n) is 13.9. The smallest absolute Gasteiger partial charge is 0.121 e. The molecule has 6 heterocycles. The fourth-order valence-corrected chi connectivity index (χ4v) is 7.04. The van der Waals surface area contributed by atoms with Crippen molar-refractivity contribution in [3.05, 3.63) is 243 Å². The first-order valence-electron chi connectivity index (χ1n) is 21.0. The quantitative estimate of drug-likeness (QED) is 0.165. The predicted molar refractivity (Wildman–Crippen MR) is 263 cm³/mol. The molecule has 0 bridgehead atoms. The molecule has 0 fully saturated rings. The number of rotatable bonds is 2. The van der Waals surface area contributed by atoms with Crippen LogP contribution in [0.1, 0.15) is 0 Å². The van der Waals surface area contributed by atoms with Crippen molar-refractivity contribution in [2.45, 2.75) is 0 Å². The Hall–Kier alpha value is -7.26. The van der Waals surface area contributed by atoms with Crippen molar-refractivity contribution in [1.29, 1.82) is 0 Å². The van der Waals surface area contributed by atoms with Crippen molar-refractivity contribution in [1.82, 2.24) is 19.9 Å². The molecular weight excluding hydrogens is 1200 g/mol. The third-order valence-corrected chi connectivity index (χ3v) is 9.90. The van der Waals surface area contributed by atoms with Gasteiger partial charge in [-0.15, -0.1) is 84.4 Å². The average molecular weight is 1250 g/mol. The molecule has 0 amide bonds. The zero-order valence-electron chi connectivity index (χ0n) is 37.0. The third-order valence-electron chi connectivity index (χ3n) is 9.90. The van der Waals surface area contributed by atoms with Crippen LogP contribution in [0.3, 0.4) is 0 Å². The average Bonchev–Trinajstić information content (AvgIpc) is 3.66. The Kier molecular flexibility index (Phi) is 20.8. The summed E-state index contributed by atoms with van der Waals surface area (Å²) in [4.78, 5) is 17.5. The van der Waals surface area contributed by atoms with E-state index < -0.39 is 0 Å². The molecule has 0 unspecified atom stereocenters. The van der Waals surface area contributed by atoms with Crippen molar-refractivity contribution in [3.63, 3.8) is 0 Å². The second-order valence-corrected chi connectivity index (χ2v) is 13.9. The van der Waals surface area contributed by atoms with Gasteiger partial charge in [-0.25, -0.2) is 0 Å². The first-order chi connectivity index (χ1) is 32.8. The number of hydrogen-bond donors (Lipinski definition) is 2. The van der Waals surface area contributed by atoms with Crippen molar-refractivity contribution in [3.8, 4) is 90.3 Å². The van der Waals surface area contributed by atoms with Crippen LogP contribution >= 0.6 is 0 Å². The number of ether oxygens (including phenoxy) is 2. The maximum absolute atomic E-state index is 7.00. The molecule has 12 rings (SSSR count). The molecule has 4 aromatic heterocycles. The summed E-state index contributed by atoms with van der Waals surface area (Å²) in [5.74, 6) is 3.31. The zero-order chi connectivity index (χ0) is 45.8. The number of hydrogen-bond acceptors (Lipinski definition) is 8. The number of para-hydroxylation sites is 2. The molecule has 342 valence electrons. The largest absolute Gasteiger partial charge is 0.501 e. The molecule has 6 aromatic carbocycles. The summed E-state index contributed by atoms with van der Waals surface area (Å²) < 4.78 is 12.0. The van der Waals surface area contributed by atoms with Gasteiger partial charge in [0.15, 0.2) is 0 Å². The van der Waals surface area contributed by atoms with Crippen LogP contribution in [0.5, 0.6) is 23.0 Å². The van der Waals surface area contributed by atoms with Crippen LogP contribution in [-0.2, 0) is 40.2 Å². The minimum Gasteiger partial charge on any atom is -0.501 e. The van der Waals surface area contributed by atoms with E-state index in [0.29, 0.717) is 0 Å². The van der Waals surface area contributed by atoms with E-state index in [1.54, 1.807) is 18.6 Å². The van der Waals surface area contributed by atoms with Crippen LogP contribution in [0.25, 0.3) is 67.3 Å². The first-order valence-corrected chi connectivity index (χ1v) is 21.0. The standard InChI is InChI=1S/2C17H10NO.C11H9N.C11H8N.2CH4O.2Ir/c2*1-3-9-15-12(6-1)13-8-5-11-18-17(13)14-7-2-4-10-16(14)19-15;2*1-2-6-10(7-3-1)11-8-4-5-9-12-11;2*1-2;;/h2*1-6,8-11H;1-9H;1-6,8-9H;2*2H,1H3;;/q2*-1;;-1;;;;. The molecule has 10 heteroatoms. The van der Waals surface area contributed by atoms with Gasteiger partial charge in [0.25, 0.3) is 0 Å². The van der Waals surface area contributed by atoms with Crippen molar-refractivity contribution >= 4 is 0 Å². The van der Waals surface area contributed by atoms with Gasteiger partial charge in [0, 0.05) is 107 Å². The van der Waals surface area contributed by atoms with Crippen LogP contribution in [0, 0.1) is 18.2 Å². The Morgan fingerprint density at radius 2 is 0.750 bits per heavy atom. The summed E-state index contributed by atoms with van der Waals surface area (Å²) in [5.41, 5.74) is 12.2. The van der Waals surface area contributed by atoms with E-state index in [2.05, 4.69) is 74.5 Å². The first kappa shape index (κ1) is 51.7. The van der Waals surface area contributed by atoms with Crippen LogP contribution in [-0.4, -0.2) is 44.4 Å². The van der Waals surface area contributed by atoms with Gasteiger partial charge in [-0.05, 0) is 70.7 Å². The molecule has 2 aliphatic heterocycles. The molecule has 2 radical (unpaired) electrons. The second kappa shape index (κ2) is 27.4. The molecule has 68 heavy (non-hydrogen) atoms. The predicted octanol–water partition coefficient (Wildman–Crippen LogP) is 13.2. The van der Waals surface area contributed by atoms with Gasteiger partial charge in [-0.1, -0.05) is 108 Å². The van der Waals surface area contributed by atoms with Gasteiger partial charge in [0.1, 0.15) is 11.5 Å². The van der Waals surface area contributed by atoms with Crippen molar-refractivity contribution < 1.29 is 59.9 Å². The molecule has 2 aliphatic rings. The van der Waals surface area contributed by atoms with E-state index in [4.69, 9.17) is 19.7 Å². The fourth-order valence-electron chi connectivity index (χ4n) is 7.04. The van der Waals surface area contributed by atoms with E-state index in [1.165, 1.54) is 0 Å². The molecule has 0 spiro atoms. The van der Waals surface area contributed by atoms with Gasteiger partial charge in [-0.2, -0.15) is 0 Å². The van der Waals surface area contributed by atoms with Gasteiger partial charge in [-0.3, -0.25) is 4.98 Å². The number of aromatic nitrogens is 4. The summed E-state index contributed by atoms with van der Waals surface area (Å²) >= 11 is 0. The number of nitrogens with zero attached hydrogens (tertiary/aromatic N) is 4. The van der Waals surface area contributed by atoms with Gasteiger partial charge < -0.3 is 34.6 Å². The van der Waals surface area contributed by atoms with Gasteiger partial charge >= 0.3 is 0 Å². The van der Waals surface area contributed by atoms with Gasteiger partial charge in [0.05, 0.1) is 5.69 Å². The number of benzene rings is 6. The van der Waals surface area contributed by atoms with Crippen molar-refractivity contribution in [2.24, 2.45) is 0 Å². The van der Waals surface area contributed by atoms with Crippen LogP contribution in [0.15, 0.2) is 225 Å². The molecule has 2 N–H and O–H groups in total. The number of pyridine rings is 4. The molecule has 0 atom stereocenters. The SMILES string of the molecule is CO.CO.[Ir].[Ir].[c-]1cccc2c1-c1ncccc1-c1ccccc1O2.[c-]1cccc2c1-c1ncccc1-c1ccccc1O2.[c-]1ccccc1-c1ccccn1.c1ccc(-c2ccccn2)cc1. The molecule has 0 saturated carbocycles. The number of fused-ring (bicyclic) bond motifs is 10. The summed E-state index contributed by atoms with van der Waals surface area (Å²) in [7, 11) is 2.00. The summed E-state index contributed by atoms with van der Waals surface area (Å²) in [6, 6.07) is 75.0. The Balaban J connectivity index is 0.000000167. The van der Waals surface area contributed by atoms with Crippen LogP contribution in [0.2, 0.25) is 0 Å². The van der Waals surface area contributed by atoms with Crippen molar-refractivity contribution in [2.75, 3.05) is 14.2 Å². The monoisotopic (exact) mass is 1250 g/mol. The Labute approximate surface area is 424 Å². The fraction of sp³-hybridized carbons (Fsp3) is 0.0345. The summed E-state index contributed by atoms with van der Waals surface area (Å²) in [5, 5.41) is 14.0. The Morgan fingerprint density at radius 3 is 1.24 bits per heavy atom. The van der Waals surface area contributed by atoms with E-state index >= 15 is 0 Å². The van der Waals surface area contributed by atoms with E-state index in [0.717, 1.165) is 105 Å².